The Bertz CT molecular complexity index is 400. The zero-order valence-electron chi connectivity index (χ0n) is 15.4. The molecule has 6 nitrogen and oxygen atoms in total. The number of morpholine rings is 1. The largest absolute Gasteiger partial charge is 0.375 e. The minimum absolute atomic E-state index is 0. The van der Waals surface area contributed by atoms with E-state index < -0.39 is 0 Å². The van der Waals surface area contributed by atoms with Gasteiger partial charge in [-0.15, -0.1) is 24.8 Å². The molecule has 3 aliphatic heterocycles. The van der Waals surface area contributed by atoms with Crippen LogP contribution in [-0.4, -0.2) is 86.3 Å². The molecule has 0 aromatic carbocycles. The van der Waals surface area contributed by atoms with E-state index in [0.29, 0.717) is 12.6 Å². The number of rotatable bonds is 3. The van der Waals surface area contributed by atoms with Gasteiger partial charge in [-0.2, -0.15) is 0 Å². The number of halogens is 2. The van der Waals surface area contributed by atoms with Crippen molar-refractivity contribution in [3.05, 3.63) is 0 Å². The summed E-state index contributed by atoms with van der Waals surface area (Å²) in [6, 6.07) is 0.868. The molecule has 3 saturated heterocycles. The van der Waals surface area contributed by atoms with Gasteiger partial charge < -0.3 is 25.2 Å². The Hall–Kier alpha value is -0.110. The number of piperidine rings is 2. The minimum Gasteiger partial charge on any atom is -0.375 e. The van der Waals surface area contributed by atoms with Crippen LogP contribution in [0.1, 0.15) is 32.6 Å². The van der Waals surface area contributed by atoms with Gasteiger partial charge in [-0.05, 0) is 52.7 Å². The number of hydrogen-bond donors (Lipinski definition) is 2. The van der Waals surface area contributed by atoms with E-state index in [9.17, 15) is 4.79 Å². The van der Waals surface area contributed by atoms with Crippen LogP contribution in [0.5, 0.6) is 0 Å². The monoisotopic (exact) mass is 396 g/mol. The van der Waals surface area contributed by atoms with Gasteiger partial charge in [-0.3, -0.25) is 4.79 Å². The Morgan fingerprint density at radius 2 is 1.72 bits per heavy atom. The highest BCUT2D eigenvalue weighted by atomic mass is 35.5. The molecule has 0 unspecified atom stereocenters. The molecule has 3 rings (SSSR count). The fraction of sp³-hybridized carbons (Fsp3) is 0.941. The molecule has 0 saturated carbocycles. The number of ether oxygens (including phenoxy) is 1. The third-order valence-corrected chi connectivity index (χ3v) is 5.68. The van der Waals surface area contributed by atoms with Gasteiger partial charge in [-0.25, -0.2) is 0 Å². The van der Waals surface area contributed by atoms with Crippen LogP contribution in [0.4, 0.5) is 0 Å². The Morgan fingerprint density at radius 3 is 2.32 bits per heavy atom. The number of hydrogen-bond acceptors (Lipinski definition) is 5. The number of carbonyl (C=O) groups excluding carboxylic acids is 1. The minimum atomic E-state index is -0.198. The molecule has 2 N–H and O–H groups in total. The van der Waals surface area contributed by atoms with E-state index in [1.54, 1.807) is 0 Å². The first kappa shape index (κ1) is 22.9. The number of amides is 1. The van der Waals surface area contributed by atoms with Gasteiger partial charge in [-0.1, -0.05) is 0 Å². The molecule has 25 heavy (non-hydrogen) atoms. The van der Waals surface area contributed by atoms with E-state index in [2.05, 4.69) is 27.5 Å². The molecule has 0 spiro atoms. The summed E-state index contributed by atoms with van der Waals surface area (Å²) in [5, 5.41) is 6.50. The second-order valence-corrected chi connectivity index (χ2v) is 7.36. The van der Waals surface area contributed by atoms with Gasteiger partial charge in [0.25, 0.3) is 0 Å². The molecule has 3 heterocycles. The molecule has 0 aromatic heterocycles. The zero-order chi connectivity index (χ0) is 16.2. The van der Waals surface area contributed by atoms with Crippen molar-refractivity contribution in [2.45, 2.75) is 56.8 Å². The second-order valence-electron chi connectivity index (χ2n) is 7.36. The Morgan fingerprint density at radius 1 is 1.08 bits per heavy atom. The highest BCUT2D eigenvalue weighted by Crippen LogP contribution is 2.20. The first-order chi connectivity index (χ1) is 11.1. The van der Waals surface area contributed by atoms with Crippen molar-refractivity contribution in [1.29, 1.82) is 0 Å². The topological polar surface area (TPSA) is 56.8 Å². The summed E-state index contributed by atoms with van der Waals surface area (Å²) in [5.41, 5.74) is 0. The Labute approximate surface area is 164 Å². The summed E-state index contributed by atoms with van der Waals surface area (Å²) in [7, 11) is 2.21. The van der Waals surface area contributed by atoms with Gasteiger partial charge in [0.05, 0.1) is 12.7 Å². The number of nitrogens with one attached hydrogen (secondary N) is 2. The van der Waals surface area contributed by atoms with E-state index in [1.165, 1.54) is 25.9 Å². The molecule has 3 aliphatic rings. The van der Waals surface area contributed by atoms with Crippen molar-refractivity contribution in [2.24, 2.45) is 0 Å². The predicted octanol–water partition coefficient (Wildman–Crippen LogP) is 0.882. The maximum Gasteiger partial charge on any atom is 0.240 e. The lowest BCUT2D eigenvalue weighted by molar-refractivity contribution is -0.130. The van der Waals surface area contributed by atoms with Crippen molar-refractivity contribution >= 4 is 30.7 Å². The van der Waals surface area contributed by atoms with Crippen LogP contribution in [0.2, 0.25) is 0 Å². The standard InChI is InChI=1S/C17H32N4O2.2ClH/c1-13-16(18-7-12-23-13)17(22)19-14-3-10-21(11-4-14)15-5-8-20(2)9-6-15;;/h13-16,18H,3-12H2,1-2H3,(H,19,22);2*1H/t13-,16+;;/m1../s1. The van der Waals surface area contributed by atoms with Gasteiger partial charge in [0.15, 0.2) is 0 Å². The third kappa shape index (κ3) is 6.22. The van der Waals surface area contributed by atoms with Gasteiger partial charge in [0, 0.05) is 31.7 Å². The smallest absolute Gasteiger partial charge is 0.240 e. The van der Waals surface area contributed by atoms with Crippen molar-refractivity contribution in [2.75, 3.05) is 46.4 Å². The van der Waals surface area contributed by atoms with Crippen LogP contribution < -0.4 is 10.6 Å². The van der Waals surface area contributed by atoms with Crippen molar-refractivity contribution < 1.29 is 9.53 Å². The fourth-order valence-corrected chi connectivity index (χ4v) is 4.09. The van der Waals surface area contributed by atoms with Gasteiger partial charge >= 0.3 is 0 Å². The quantitative estimate of drug-likeness (QED) is 0.741. The van der Waals surface area contributed by atoms with Gasteiger partial charge in [0.1, 0.15) is 6.04 Å². The van der Waals surface area contributed by atoms with Crippen LogP contribution in [0, 0.1) is 0 Å². The lowest BCUT2D eigenvalue weighted by Gasteiger charge is -2.41. The second kappa shape index (κ2) is 10.9. The molecule has 148 valence electrons. The maximum absolute atomic E-state index is 12.4. The molecule has 3 fully saturated rings. The zero-order valence-corrected chi connectivity index (χ0v) is 17.0. The van der Waals surface area contributed by atoms with Crippen molar-refractivity contribution in [3.8, 4) is 0 Å². The molecule has 0 aliphatic carbocycles. The Balaban J connectivity index is 0.00000156. The normalized spacial score (nSPS) is 30.2. The summed E-state index contributed by atoms with van der Waals surface area (Å²) in [6.45, 7) is 8.09. The van der Waals surface area contributed by atoms with Crippen LogP contribution in [0.25, 0.3) is 0 Å². The molecule has 0 bridgehead atoms. The summed E-state index contributed by atoms with van der Waals surface area (Å²) in [5.74, 6) is 0.106. The summed E-state index contributed by atoms with van der Waals surface area (Å²) < 4.78 is 5.57. The van der Waals surface area contributed by atoms with E-state index in [4.69, 9.17) is 4.74 Å². The first-order valence-corrected chi connectivity index (χ1v) is 9.21. The Kier molecular flexibility index (Phi) is 10.00. The lowest BCUT2D eigenvalue weighted by atomic mass is 9.97. The lowest BCUT2D eigenvalue weighted by Crippen LogP contribution is -2.58. The van der Waals surface area contributed by atoms with Crippen LogP contribution in [-0.2, 0) is 9.53 Å². The number of nitrogens with zero attached hydrogens (tertiary/aromatic N) is 2. The van der Waals surface area contributed by atoms with Gasteiger partial charge in [0.2, 0.25) is 5.91 Å². The van der Waals surface area contributed by atoms with E-state index in [0.717, 1.165) is 38.5 Å². The molecule has 0 aromatic rings. The molecule has 1 amide bonds. The highest BCUT2D eigenvalue weighted by Gasteiger charge is 2.32. The summed E-state index contributed by atoms with van der Waals surface area (Å²) >= 11 is 0. The van der Waals surface area contributed by atoms with Crippen LogP contribution in [0.3, 0.4) is 0 Å². The highest BCUT2D eigenvalue weighted by molar-refractivity contribution is 5.85. The number of likely N-dealkylation sites (tertiary alicyclic amines) is 2. The predicted molar refractivity (Wildman–Crippen MR) is 105 cm³/mol. The SMILES string of the molecule is C[C@H]1OCCN[C@@H]1C(=O)NC1CCN(C2CCN(C)CC2)CC1.Cl.Cl. The van der Waals surface area contributed by atoms with E-state index in [1.807, 2.05) is 6.92 Å². The molecule has 2 atom stereocenters. The molecule has 0 radical (unpaired) electrons. The van der Waals surface area contributed by atoms with Crippen molar-refractivity contribution in [1.82, 2.24) is 20.4 Å². The average molecular weight is 397 g/mol. The van der Waals surface area contributed by atoms with E-state index in [-0.39, 0.29) is 42.9 Å². The average Bonchev–Trinajstić information content (AvgIpc) is 2.57. The van der Waals surface area contributed by atoms with Crippen LogP contribution >= 0.6 is 24.8 Å². The van der Waals surface area contributed by atoms with E-state index >= 15 is 0 Å². The summed E-state index contributed by atoms with van der Waals surface area (Å²) in [6.07, 6.45) is 4.67. The van der Waals surface area contributed by atoms with Crippen LogP contribution in [0.15, 0.2) is 0 Å². The molecular weight excluding hydrogens is 363 g/mol. The maximum atomic E-state index is 12.4. The molecular formula is C17H34Cl2N4O2. The number of carbonyl (C=O) groups is 1. The fourth-order valence-electron chi connectivity index (χ4n) is 4.09. The summed E-state index contributed by atoms with van der Waals surface area (Å²) in [4.78, 5) is 17.5. The third-order valence-electron chi connectivity index (χ3n) is 5.68. The van der Waals surface area contributed by atoms with Crippen molar-refractivity contribution in [3.63, 3.8) is 0 Å². The molecule has 8 heteroatoms. The first-order valence-electron chi connectivity index (χ1n) is 9.21.